The van der Waals surface area contributed by atoms with Crippen molar-refractivity contribution in [2.45, 2.75) is 31.7 Å². The molecule has 2 aromatic rings. The van der Waals surface area contributed by atoms with Gasteiger partial charge in [-0.2, -0.15) is 5.10 Å². The number of carbonyl (C=O) groups is 1. The summed E-state index contributed by atoms with van der Waals surface area (Å²) in [4.78, 5) is 11.8. The van der Waals surface area contributed by atoms with Crippen molar-refractivity contribution >= 4 is 5.91 Å². The molecule has 23 heavy (non-hydrogen) atoms. The van der Waals surface area contributed by atoms with Crippen molar-refractivity contribution in [3.63, 3.8) is 0 Å². The van der Waals surface area contributed by atoms with Gasteiger partial charge in [-0.25, -0.2) is 13.5 Å². The van der Waals surface area contributed by atoms with Gasteiger partial charge in [-0.3, -0.25) is 4.79 Å². The molecule has 7 heteroatoms. The smallest absolute Gasteiger partial charge is 0.221 e. The van der Waals surface area contributed by atoms with E-state index in [0.717, 1.165) is 36.6 Å². The van der Waals surface area contributed by atoms with E-state index in [4.69, 9.17) is 5.73 Å². The van der Waals surface area contributed by atoms with Crippen molar-refractivity contribution < 1.29 is 13.6 Å². The monoisotopic (exact) mass is 320 g/mol. The van der Waals surface area contributed by atoms with E-state index in [9.17, 15) is 13.6 Å². The van der Waals surface area contributed by atoms with Crippen LogP contribution in [0, 0.1) is 11.6 Å². The zero-order valence-electron chi connectivity index (χ0n) is 12.6. The minimum Gasteiger partial charge on any atom is -0.349 e. The summed E-state index contributed by atoms with van der Waals surface area (Å²) in [5, 5.41) is 7.18. The summed E-state index contributed by atoms with van der Waals surface area (Å²) >= 11 is 0. The number of halogens is 2. The predicted octanol–water partition coefficient (Wildman–Crippen LogP) is 1.99. The number of fused-ring (bicyclic) bond motifs is 1. The van der Waals surface area contributed by atoms with Gasteiger partial charge in [0.15, 0.2) is 5.82 Å². The van der Waals surface area contributed by atoms with Crippen LogP contribution in [0.2, 0.25) is 0 Å². The van der Waals surface area contributed by atoms with Crippen LogP contribution in [-0.4, -0.2) is 22.2 Å². The molecular formula is C16H18F2N4O. The van der Waals surface area contributed by atoms with E-state index >= 15 is 0 Å². The minimum absolute atomic E-state index is 0.105. The topological polar surface area (TPSA) is 72.9 Å². The Kier molecular flexibility index (Phi) is 4.38. The van der Waals surface area contributed by atoms with Crippen molar-refractivity contribution in [1.29, 1.82) is 0 Å². The number of carbonyl (C=O) groups excluding carboxylic acids is 1. The highest BCUT2D eigenvalue weighted by atomic mass is 19.1. The molecule has 0 saturated carbocycles. The van der Waals surface area contributed by atoms with E-state index in [0.29, 0.717) is 6.54 Å². The summed E-state index contributed by atoms with van der Waals surface area (Å²) in [6, 6.07) is 3.27. The SMILES string of the molecule is NCCC(=O)NC1CCCc2c1cnn2-c1ccc(F)cc1F. The molecule has 0 spiro atoms. The number of hydrogen-bond donors (Lipinski definition) is 2. The van der Waals surface area contributed by atoms with Crippen molar-refractivity contribution in [3.05, 3.63) is 47.3 Å². The van der Waals surface area contributed by atoms with Gasteiger partial charge in [-0.15, -0.1) is 0 Å². The van der Waals surface area contributed by atoms with Crippen LogP contribution in [0.25, 0.3) is 5.69 Å². The van der Waals surface area contributed by atoms with Crippen LogP contribution in [0.15, 0.2) is 24.4 Å². The van der Waals surface area contributed by atoms with Gasteiger partial charge in [0.05, 0.1) is 12.2 Å². The molecule has 0 aliphatic heterocycles. The van der Waals surface area contributed by atoms with Crippen LogP contribution in [0.5, 0.6) is 0 Å². The first kappa shape index (κ1) is 15.6. The highest BCUT2D eigenvalue weighted by molar-refractivity contribution is 5.76. The highest BCUT2D eigenvalue weighted by Gasteiger charge is 2.26. The number of benzene rings is 1. The number of amides is 1. The van der Waals surface area contributed by atoms with Crippen LogP contribution in [-0.2, 0) is 11.2 Å². The van der Waals surface area contributed by atoms with Crippen molar-refractivity contribution in [2.24, 2.45) is 5.73 Å². The first-order chi connectivity index (χ1) is 11.1. The van der Waals surface area contributed by atoms with Crippen LogP contribution in [0.4, 0.5) is 8.78 Å². The Morgan fingerprint density at radius 1 is 1.43 bits per heavy atom. The lowest BCUT2D eigenvalue weighted by Gasteiger charge is -2.24. The number of nitrogens with one attached hydrogen (secondary N) is 1. The van der Waals surface area contributed by atoms with Gasteiger partial charge in [-0.1, -0.05) is 0 Å². The Bertz CT molecular complexity index is 729. The molecule has 0 bridgehead atoms. The zero-order chi connectivity index (χ0) is 16.4. The van der Waals surface area contributed by atoms with E-state index in [-0.39, 0.29) is 24.1 Å². The third kappa shape index (κ3) is 3.10. The van der Waals surface area contributed by atoms with Crippen LogP contribution in [0.3, 0.4) is 0 Å². The molecule has 0 fully saturated rings. The van der Waals surface area contributed by atoms with Crippen molar-refractivity contribution in [3.8, 4) is 5.69 Å². The van der Waals surface area contributed by atoms with Gasteiger partial charge in [0.2, 0.25) is 5.91 Å². The standard InChI is InChI=1S/C16H18F2N4O/c17-10-4-5-15(12(18)8-10)22-14-3-1-2-13(11(14)9-20-22)21-16(23)6-7-19/h4-5,8-9,13H,1-3,6-7,19H2,(H,21,23). The predicted molar refractivity (Wildman–Crippen MR) is 81.0 cm³/mol. The van der Waals surface area contributed by atoms with E-state index < -0.39 is 11.6 Å². The number of hydrogen-bond acceptors (Lipinski definition) is 3. The second-order valence-electron chi connectivity index (χ2n) is 5.61. The number of rotatable bonds is 4. The maximum absolute atomic E-state index is 14.0. The lowest BCUT2D eigenvalue weighted by Crippen LogP contribution is -2.32. The largest absolute Gasteiger partial charge is 0.349 e. The van der Waals surface area contributed by atoms with E-state index in [1.807, 2.05) is 0 Å². The summed E-state index contributed by atoms with van der Waals surface area (Å²) < 4.78 is 28.6. The molecular weight excluding hydrogens is 302 g/mol. The molecule has 3 N–H and O–H groups in total. The van der Waals surface area contributed by atoms with E-state index in [2.05, 4.69) is 10.4 Å². The second kappa shape index (κ2) is 6.45. The van der Waals surface area contributed by atoms with Crippen LogP contribution in [0.1, 0.15) is 36.6 Å². The number of nitrogens with two attached hydrogens (primary N) is 1. The third-order valence-corrected chi connectivity index (χ3v) is 4.03. The molecule has 122 valence electrons. The fourth-order valence-electron chi connectivity index (χ4n) is 2.97. The van der Waals surface area contributed by atoms with Gasteiger partial charge < -0.3 is 11.1 Å². The Morgan fingerprint density at radius 3 is 3.00 bits per heavy atom. The summed E-state index contributed by atoms with van der Waals surface area (Å²) in [5.41, 5.74) is 7.33. The Hall–Kier alpha value is -2.28. The molecule has 1 amide bonds. The average Bonchev–Trinajstić information content (AvgIpc) is 2.92. The Morgan fingerprint density at radius 2 is 2.26 bits per heavy atom. The zero-order valence-corrected chi connectivity index (χ0v) is 12.6. The van der Waals surface area contributed by atoms with Gasteiger partial charge in [-0.05, 0) is 31.4 Å². The molecule has 0 radical (unpaired) electrons. The van der Waals surface area contributed by atoms with Crippen LogP contribution < -0.4 is 11.1 Å². The molecule has 1 aromatic carbocycles. The number of aromatic nitrogens is 2. The number of nitrogens with zero attached hydrogens (tertiary/aromatic N) is 2. The molecule has 5 nitrogen and oxygen atoms in total. The van der Waals surface area contributed by atoms with Gasteiger partial charge >= 0.3 is 0 Å². The molecule has 1 atom stereocenters. The first-order valence-corrected chi connectivity index (χ1v) is 7.62. The van der Waals surface area contributed by atoms with Crippen molar-refractivity contribution in [2.75, 3.05) is 6.54 Å². The second-order valence-corrected chi connectivity index (χ2v) is 5.61. The van der Waals surface area contributed by atoms with E-state index in [1.54, 1.807) is 6.20 Å². The quantitative estimate of drug-likeness (QED) is 0.905. The Balaban J connectivity index is 1.92. The third-order valence-electron chi connectivity index (χ3n) is 4.03. The van der Waals surface area contributed by atoms with Gasteiger partial charge in [0.1, 0.15) is 11.5 Å². The summed E-state index contributed by atoms with van der Waals surface area (Å²) in [5.74, 6) is -1.39. The summed E-state index contributed by atoms with van der Waals surface area (Å²) in [7, 11) is 0. The molecule has 0 saturated heterocycles. The average molecular weight is 320 g/mol. The fourth-order valence-corrected chi connectivity index (χ4v) is 2.97. The van der Waals surface area contributed by atoms with Gasteiger partial charge in [0.25, 0.3) is 0 Å². The molecule has 1 aliphatic carbocycles. The maximum Gasteiger partial charge on any atom is 0.221 e. The molecule has 1 aromatic heterocycles. The molecule has 1 heterocycles. The minimum atomic E-state index is -0.662. The molecule has 1 unspecified atom stereocenters. The lowest BCUT2D eigenvalue weighted by molar-refractivity contribution is -0.121. The van der Waals surface area contributed by atoms with E-state index in [1.165, 1.54) is 16.8 Å². The normalized spacial score (nSPS) is 16.9. The Labute approximate surface area is 132 Å². The fraction of sp³-hybridized carbons (Fsp3) is 0.375. The highest BCUT2D eigenvalue weighted by Crippen LogP contribution is 2.31. The molecule has 3 rings (SSSR count). The van der Waals surface area contributed by atoms with Crippen LogP contribution >= 0.6 is 0 Å². The first-order valence-electron chi connectivity index (χ1n) is 7.62. The van der Waals surface area contributed by atoms with Gasteiger partial charge in [0, 0.05) is 30.3 Å². The summed E-state index contributed by atoms with van der Waals surface area (Å²) in [6.45, 7) is 0.297. The van der Waals surface area contributed by atoms with Crippen molar-refractivity contribution in [1.82, 2.24) is 15.1 Å². The lowest BCUT2D eigenvalue weighted by atomic mass is 9.92. The maximum atomic E-state index is 14.0. The molecule has 1 aliphatic rings. The summed E-state index contributed by atoms with van der Waals surface area (Å²) in [6.07, 6.45) is 4.31.